The number of hydrogen-bond acceptors (Lipinski definition) is 5. The summed E-state index contributed by atoms with van der Waals surface area (Å²) in [6, 6.07) is 0. The van der Waals surface area contributed by atoms with Crippen molar-refractivity contribution in [3.05, 3.63) is 17.0 Å². The van der Waals surface area contributed by atoms with E-state index in [9.17, 15) is 13.2 Å². The second-order valence-corrected chi connectivity index (χ2v) is 9.67. The van der Waals surface area contributed by atoms with Crippen molar-refractivity contribution in [3.8, 4) is 0 Å². The molecule has 0 saturated carbocycles. The summed E-state index contributed by atoms with van der Waals surface area (Å²) < 4.78 is 30.0. The van der Waals surface area contributed by atoms with Gasteiger partial charge in [-0.2, -0.15) is 0 Å². The lowest BCUT2D eigenvalue weighted by atomic mass is 9.84. The van der Waals surface area contributed by atoms with Crippen molar-refractivity contribution in [2.45, 2.75) is 46.0 Å². The first-order valence-electron chi connectivity index (χ1n) is 9.40. The molecule has 1 aromatic rings. The zero-order chi connectivity index (χ0) is 18.9. The molecule has 1 atom stereocenters. The standard InChI is InChI=1S/C18H29N3O4S/c1-13-17(14(2)25-19-13)4-5-18(22)20-9-6-16(12-20)15-7-10-21(11-8-15)26(3,23)24/h15-16H,4-12H2,1-3H3. The minimum Gasteiger partial charge on any atom is -0.361 e. The van der Waals surface area contributed by atoms with E-state index in [-0.39, 0.29) is 5.91 Å². The van der Waals surface area contributed by atoms with E-state index < -0.39 is 10.0 Å². The molecule has 3 rings (SSSR count). The maximum absolute atomic E-state index is 12.6. The van der Waals surface area contributed by atoms with Crippen LogP contribution in [0.3, 0.4) is 0 Å². The van der Waals surface area contributed by atoms with E-state index in [0.717, 1.165) is 49.4 Å². The van der Waals surface area contributed by atoms with Crippen LogP contribution in [-0.4, -0.2) is 61.1 Å². The van der Waals surface area contributed by atoms with Gasteiger partial charge >= 0.3 is 0 Å². The van der Waals surface area contributed by atoms with E-state index in [0.29, 0.717) is 37.8 Å². The second-order valence-electron chi connectivity index (χ2n) is 7.69. The molecule has 26 heavy (non-hydrogen) atoms. The van der Waals surface area contributed by atoms with Crippen LogP contribution in [0.15, 0.2) is 4.52 Å². The van der Waals surface area contributed by atoms with Crippen LogP contribution in [0.1, 0.15) is 42.7 Å². The Labute approximate surface area is 155 Å². The van der Waals surface area contributed by atoms with Gasteiger partial charge in [-0.3, -0.25) is 4.79 Å². The molecule has 7 nitrogen and oxygen atoms in total. The highest BCUT2D eigenvalue weighted by Gasteiger charge is 2.35. The molecular formula is C18H29N3O4S. The van der Waals surface area contributed by atoms with Crippen molar-refractivity contribution in [1.29, 1.82) is 0 Å². The molecule has 0 bridgehead atoms. The van der Waals surface area contributed by atoms with Gasteiger partial charge in [-0.05, 0) is 51.4 Å². The van der Waals surface area contributed by atoms with E-state index in [4.69, 9.17) is 4.52 Å². The Kier molecular flexibility index (Phi) is 5.72. The molecule has 1 unspecified atom stereocenters. The number of amides is 1. The first-order valence-corrected chi connectivity index (χ1v) is 11.2. The van der Waals surface area contributed by atoms with E-state index in [1.807, 2.05) is 18.7 Å². The van der Waals surface area contributed by atoms with Crippen molar-refractivity contribution in [1.82, 2.24) is 14.4 Å². The topological polar surface area (TPSA) is 83.7 Å². The van der Waals surface area contributed by atoms with Gasteiger partial charge < -0.3 is 9.42 Å². The maximum atomic E-state index is 12.6. The van der Waals surface area contributed by atoms with Gasteiger partial charge in [0, 0.05) is 38.2 Å². The van der Waals surface area contributed by atoms with Crippen LogP contribution in [0.25, 0.3) is 0 Å². The highest BCUT2D eigenvalue weighted by Crippen LogP contribution is 2.32. The number of nitrogens with zero attached hydrogens (tertiary/aromatic N) is 3. The lowest BCUT2D eigenvalue weighted by Gasteiger charge is -2.33. The molecule has 2 aliphatic heterocycles. The average Bonchev–Trinajstić information content (AvgIpc) is 3.20. The summed E-state index contributed by atoms with van der Waals surface area (Å²) in [6.07, 6.45) is 5.27. The number of carbonyl (C=O) groups excluding carboxylic acids is 1. The van der Waals surface area contributed by atoms with E-state index >= 15 is 0 Å². The predicted molar refractivity (Wildman–Crippen MR) is 98.1 cm³/mol. The molecule has 3 heterocycles. The van der Waals surface area contributed by atoms with Crippen LogP contribution >= 0.6 is 0 Å². The van der Waals surface area contributed by atoms with Crippen LogP contribution in [-0.2, 0) is 21.2 Å². The lowest BCUT2D eigenvalue weighted by Crippen LogP contribution is -2.40. The van der Waals surface area contributed by atoms with Crippen LogP contribution in [0.2, 0.25) is 0 Å². The van der Waals surface area contributed by atoms with Crippen LogP contribution in [0, 0.1) is 25.7 Å². The minimum absolute atomic E-state index is 0.195. The first kappa shape index (κ1) is 19.4. The number of sulfonamides is 1. The zero-order valence-electron chi connectivity index (χ0n) is 15.9. The molecule has 146 valence electrons. The Morgan fingerprint density at radius 3 is 2.38 bits per heavy atom. The summed E-state index contributed by atoms with van der Waals surface area (Å²) in [5.41, 5.74) is 1.91. The molecule has 0 spiro atoms. The third-order valence-electron chi connectivity index (χ3n) is 5.98. The third-order valence-corrected chi connectivity index (χ3v) is 7.28. The van der Waals surface area contributed by atoms with Gasteiger partial charge in [-0.25, -0.2) is 12.7 Å². The number of aryl methyl sites for hydroxylation is 2. The summed E-state index contributed by atoms with van der Waals surface area (Å²) in [5, 5.41) is 3.94. The van der Waals surface area contributed by atoms with Crippen molar-refractivity contribution >= 4 is 15.9 Å². The molecule has 0 aromatic carbocycles. The lowest BCUT2D eigenvalue weighted by molar-refractivity contribution is -0.130. The summed E-state index contributed by atoms with van der Waals surface area (Å²) in [6.45, 7) is 6.64. The number of likely N-dealkylation sites (tertiary alicyclic amines) is 1. The van der Waals surface area contributed by atoms with Crippen molar-refractivity contribution in [3.63, 3.8) is 0 Å². The molecule has 2 aliphatic rings. The summed E-state index contributed by atoms with van der Waals surface area (Å²) >= 11 is 0. The predicted octanol–water partition coefficient (Wildman–Crippen LogP) is 1.74. The first-order chi connectivity index (χ1) is 12.3. The highest BCUT2D eigenvalue weighted by atomic mass is 32.2. The van der Waals surface area contributed by atoms with Crippen molar-refractivity contribution < 1.29 is 17.7 Å². The fourth-order valence-electron chi connectivity index (χ4n) is 4.33. The quantitative estimate of drug-likeness (QED) is 0.773. The molecule has 0 aliphatic carbocycles. The Morgan fingerprint density at radius 1 is 1.15 bits per heavy atom. The molecule has 0 radical (unpaired) electrons. The van der Waals surface area contributed by atoms with E-state index in [2.05, 4.69) is 5.16 Å². The van der Waals surface area contributed by atoms with Gasteiger partial charge in [0.15, 0.2) is 0 Å². The Hall–Kier alpha value is -1.41. The number of piperidine rings is 1. The molecule has 8 heteroatoms. The number of aromatic nitrogens is 1. The maximum Gasteiger partial charge on any atom is 0.222 e. The Balaban J connectivity index is 1.47. The van der Waals surface area contributed by atoms with Gasteiger partial charge in [0.25, 0.3) is 0 Å². The SMILES string of the molecule is Cc1noc(C)c1CCC(=O)N1CCC(C2CCN(S(C)(=O)=O)CC2)C1. The molecule has 1 aromatic heterocycles. The van der Waals surface area contributed by atoms with Crippen molar-refractivity contribution in [2.24, 2.45) is 11.8 Å². The summed E-state index contributed by atoms with van der Waals surface area (Å²) in [4.78, 5) is 14.5. The number of hydrogen-bond donors (Lipinski definition) is 0. The molecular weight excluding hydrogens is 354 g/mol. The molecule has 2 saturated heterocycles. The Morgan fingerprint density at radius 2 is 1.81 bits per heavy atom. The van der Waals surface area contributed by atoms with E-state index in [1.165, 1.54) is 6.26 Å². The van der Waals surface area contributed by atoms with Gasteiger partial charge in [0.2, 0.25) is 15.9 Å². The van der Waals surface area contributed by atoms with Crippen LogP contribution < -0.4 is 0 Å². The van der Waals surface area contributed by atoms with Gasteiger partial charge in [-0.15, -0.1) is 0 Å². The minimum atomic E-state index is -3.08. The number of carbonyl (C=O) groups is 1. The largest absolute Gasteiger partial charge is 0.361 e. The third kappa shape index (κ3) is 4.28. The zero-order valence-corrected chi connectivity index (χ0v) is 16.7. The van der Waals surface area contributed by atoms with Gasteiger partial charge in [0.05, 0.1) is 11.9 Å². The van der Waals surface area contributed by atoms with Gasteiger partial charge in [-0.1, -0.05) is 5.16 Å². The van der Waals surface area contributed by atoms with Crippen molar-refractivity contribution in [2.75, 3.05) is 32.4 Å². The Bertz CT molecular complexity index is 731. The monoisotopic (exact) mass is 383 g/mol. The molecule has 0 N–H and O–H groups in total. The summed E-state index contributed by atoms with van der Waals surface area (Å²) in [5.74, 6) is 2.02. The van der Waals surface area contributed by atoms with Crippen LogP contribution in [0.5, 0.6) is 0 Å². The fraction of sp³-hybridized carbons (Fsp3) is 0.778. The normalized spacial score (nSPS) is 22.9. The molecule has 1 amide bonds. The van der Waals surface area contributed by atoms with Crippen LogP contribution in [0.4, 0.5) is 0 Å². The summed E-state index contributed by atoms with van der Waals surface area (Å²) in [7, 11) is -3.08. The second kappa shape index (κ2) is 7.68. The van der Waals surface area contributed by atoms with Gasteiger partial charge in [0.1, 0.15) is 5.76 Å². The highest BCUT2D eigenvalue weighted by molar-refractivity contribution is 7.88. The fourth-order valence-corrected chi connectivity index (χ4v) is 5.20. The van der Waals surface area contributed by atoms with E-state index in [1.54, 1.807) is 4.31 Å². The molecule has 2 fully saturated rings. The average molecular weight is 384 g/mol. The number of rotatable bonds is 5. The smallest absolute Gasteiger partial charge is 0.222 e.